The van der Waals surface area contributed by atoms with Gasteiger partial charge in [0.05, 0.1) is 25.0 Å². The molecule has 3 aliphatic heterocycles. The number of hydrogen-bond donors (Lipinski definition) is 0. The summed E-state index contributed by atoms with van der Waals surface area (Å²) in [6.07, 6.45) is 1.44. The summed E-state index contributed by atoms with van der Waals surface area (Å²) in [4.78, 5) is 0. The molecule has 3 fully saturated rings. The summed E-state index contributed by atoms with van der Waals surface area (Å²) in [5, 5.41) is 0. The molecule has 0 bridgehead atoms. The fourth-order valence-corrected chi connectivity index (χ4v) is 4.01. The Labute approximate surface area is 117 Å². The standard InChI is InChI=1S/C12H18Cl2O4/c1-9-3-5-15-11(9,7-13)18-10(2)4-6-16-12(10,8-14)17-9/h3-8H2,1-2H3/t9-,10-,11-,12-/m0/s1. The second kappa shape index (κ2) is 3.96. The number of halogens is 2. The van der Waals surface area contributed by atoms with Gasteiger partial charge in [-0.15, -0.1) is 23.2 Å². The topological polar surface area (TPSA) is 36.9 Å². The number of alkyl halides is 2. The van der Waals surface area contributed by atoms with Crippen molar-refractivity contribution in [2.24, 2.45) is 0 Å². The lowest BCUT2D eigenvalue weighted by Gasteiger charge is -2.57. The van der Waals surface area contributed by atoms with Crippen LogP contribution in [0.3, 0.4) is 0 Å². The van der Waals surface area contributed by atoms with Gasteiger partial charge in [-0.1, -0.05) is 0 Å². The molecule has 0 aromatic rings. The quantitative estimate of drug-likeness (QED) is 0.733. The van der Waals surface area contributed by atoms with Crippen LogP contribution in [0, 0.1) is 0 Å². The zero-order valence-electron chi connectivity index (χ0n) is 10.6. The highest BCUT2D eigenvalue weighted by molar-refractivity contribution is 6.19. The van der Waals surface area contributed by atoms with Crippen LogP contribution in [0.15, 0.2) is 0 Å². The highest BCUT2D eigenvalue weighted by atomic mass is 35.5. The van der Waals surface area contributed by atoms with E-state index in [1.165, 1.54) is 0 Å². The van der Waals surface area contributed by atoms with Crippen molar-refractivity contribution < 1.29 is 18.9 Å². The van der Waals surface area contributed by atoms with Crippen molar-refractivity contribution in [1.29, 1.82) is 0 Å². The van der Waals surface area contributed by atoms with Gasteiger partial charge < -0.3 is 18.9 Å². The first-order chi connectivity index (χ1) is 8.45. The predicted octanol–water partition coefficient (Wildman–Crippen LogP) is 2.26. The fraction of sp³-hybridized carbons (Fsp3) is 1.00. The van der Waals surface area contributed by atoms with Gasteiger partial charge in [0.1, 0.15) is 11.2 Å². The van der Waals surface area contributed by atoms with E-state index in [1.807, 2.05) is 13.8 Å². The zero-order chi connectivity index (χ0) is 13.1. The Morgan fingerprint density at radius 2 is 1.22 bits per heavy atom. The van der Waals surface area contributed by atoms with E-state index in [4.69, 9.17) is 42.1 Å². The van der Waals surface area contributed by atoms with Gasteiger partial charge in [-0.25, -0.2) is 0 Å². The molecular weight excluding hydrogens is 279 g/mol. The predicted molar refractivity (Wildman–Crippen MR) is 67.0 cm³/mol. The van der Waals surface area contributed by atoms with Gasteiger partial charge in [-0.2, -0.15) is 0 Å². The second-order valence-corrected chi connectivity index (χ2v) is 6.17. The minimum atomic E-state index is -0.896. The Morgan fingerprint density at radius 1 is 0.833 bits per heavy atom. The largest absolute Gasteiger partial charge is 0.346 e. The fourth-order valence-electron chi connectivity index (χ4n) is 3.18. The van der Waals surface area contributed by atoms with E-state index in [-0.39, 0.29) is 11.8 Å². The van der Waals surface area contributed by atoms with E-state index >= 15 is 0 Å². The minimum absolute atomic E-state index is 0.234. The first-order valence-corrected chi connectivity index (χ1v) is 7.32. The van der Waals surface area contributed by atoms with Crippen LogP contribution >= 0.6 is 23.2 Å². The normalized spacial score (nSPS) is 55.3. The molecule has 0 saturated carbocycles. The summed E-state index contributed by atoms with van der Waals surface area (Å²) >= 11 is 12.2. The number of ether oxygens (including phenoxy) is 4. The van der Waals surface area contributed by atoms with Crippen LogP contribution in [0.1, 0.15) is 26.7 Å². The maximum absolute atomic E-state index is 6.27. The van der Waals surface area contributed by atoms with Crippen LogP contribution < -0.4 is 0 Å². The average molecular weight is 297 g/mol. The monoisotopic (exact) mass is 296 g/mol. The van der Waals surface area contributed by atoms with Crippen molar-refractivity contribution in [3.63, 3.8) is 0 Å². The molecule has 3 rings (SSSR count). The summed E-state index contributed by atoms with van der Waals surface area (Å²) in [6, 6.07) is 0. The third kappa shape index (κ3) is 1.42. The molecule has 3 aliphatic rings. The van der Waals surface area contributed by atoms with Gasteiger partial charge in [0, 0.05) is 12.8 Å². The third-order valence-electron chi connectivity index (χ3n) is 4.57. The molecule has 0 N–H and O–H groups in total. The number of rotatable bonds is 2. The molecule has 18 heavy (non-hydrogen) atoms. The van der Waals surface area contributed by atoms with Gasteiger partial charge in [-0.05, 0) is 13.8 Å². The van der Waals surface area contributed by atoms with E-state index in [0.29, 0.717) is 13.2 Å². The number of fused-ring (bicyclic) bond motifs is 2. The molecule has 0 aromatic heterocycles. The maximum Gasteiger partial charge on any atom is 0.212 e. The van der Waals surface area contributed by atoms with E-state index in [0.717, 1.165) is 12.8 Å². The van der Waals surface area contributed by atoms with Crippen molar-refractivity contribution in [3.8, 4) is 0 Å². The van der Waals surface area contributed by atoms with Crippen LogP contribution in [-0.4, -0.2) is 47.8 Å². The first-order valence-electron chi connectivity index (χ1n) is 6.25. The van der Waals surface area contributed by atoms with E-state index < -0.39 is 22.8 Å². The Kier molecular flexibility index (Phi) is 2.95. The molecule has 4 atom stereocenters. The van der Waals surface area contributed by atoms with Crippen LogP contribution in [0.25, 0.3) is 0 Å². The molecule has 3 heterocycles. The highest BCUT2D eigenvalue weighted by Gasteiger charge is 2.72. The van der Waals surface area contributed by atoms with Crippen molar-refractivity contribution >= 4 is 23.2 Å². The second-order valence-electron chi connectivity index (χ2n) is 5.64. The highest BCUT2D eigenvalue weighted by Crippen LogP contribution is 2.56. The molecule has 0 unspecified atom stereocenters. The zero-order valence-corrected chi connectivity index (χ0v) is 12.1. The molecule has 4 nitrogen and oxygen atoms in total. The van der Waals surface area contributed by atoms with Gasteiger partial charge in [-0.3, -0.25) is 0 Å². The van der Waals surface area contributed by atoms with Crippen LogP contribution in [0.4, 0.5) is 0 Å². The van der Waals surface area contributed by atoms with Crippen molar-refractivity contribution in [2.45, 2.75) is 49.5 Å². The molecule has 0 aliphatic carbocycles. The Morgan fingerprint density at radius 3 is 1.56 bits per heavy atom. The first kappa shape index (κ1) is 13.4. The SMILES string of the molecule is C[C@]12CCO[C@@]1(CCl)O[C@@]1(C)CCO[C@@]1(CCl)O2. The lowest BCUT2D eigenvalue weighted by molar-refractivity contribution is -0.444. The van der Waals surface area contributed by atoms with Crippen LogP contribution in [0.5, 0.6) is 0 Å². The Balaban J connectivity index is 2.04. The molecule has 6 heteroatoms. The van der Waals surface area contributed by atoms with Crippen molar-refractivity contribution in [1.82, 2.24) is 0 Å². The van der Waals surface area contributed by atoms with E-state index in [1.54, 1.807) is 0 Å². The summed E-state index contributed by atoms with van der Waals surface area (Å²) in [5.74, 6) is -1.33. The van der Waals surface area contributed by atoms with E-state index in [2.05, 4.69) is 0 Å². The lowest BCUT2D eigenvalue weighted by Crippen LogP contribution is -2.72. The summed E-state index contributed by atoms with van der Waals surface area (Å²) in [7, 11) is 0. The Bertz CT molecular complexity index is 334. The van der Waals surface area contributed by atoms with Crippen LogP contribution in [0.2, 0.25) is 0 Å². The van der Waals surface area contributed by atoms with Gasteiger partial charge >= 0.3 is 0 Å². The summed E-state index contributed by atoms with van der Waals surface area (Å²) in [6.45, 7) is 5.05. The van der Waals surface area contributed by atoms with Gasteiger partial charge in [0.2, 0.25) is 11.6 Å². The average Bonchev–Trinajstić information content (AvgIpc) is 2.81. The molecular formula is C12H18Cl2O4. The van der Waals surface area contributed by atoms with Gasteiger partial charge in [0.15, 0.2) is 0 Å². The lowest BCUT2D eigenvalue weighted by atomic mass is 9.86. The van der Waals surface area contributed by atoms with Gasteiger partial charge in [0.25, 0.3) is 0 Å². The minimum Gasteiger partial charge on any atom is -0.346 e. The number of hydrogen-bond acceptors (Lipinski definition) is 4. The smallest absolute Gasteiger partial charge is 0.212 e. The molecule has 0 amide bonds. The molecule has 0 radical (unpaired) electrons. The van der Waals surface area contributed by atoms with Crippen molar-refractivity contribution in [3.05, 3.63) is 0 Å². The summed E-state index contributed by atoms with van der Waals surface area (Å²) in [5.41, 5.74) is -1.24. The molecule has 104 valence electrons. The summed E-state index contributed by atoms with van der Waals surface area (Å²) < 4.78 is 24.1. The van der Waals surface area contributed by atoms with E-state index in [9.17, 15) is 0 Å². The molecule has 3 saturated heterocycles. The van der Waals surface area contributed by atoms with Crippen molar-refractivity contribution in [2.75, 3.05) is 25.0 Å². The maximum atomic E-state index is 6.27. The third-order valence-corrected chi connectivity index (χ3v) is 5.28. The Hall–Kier alpha value is 0.420. The molecule has 0 aromatic carbocycles. The molecule has 0 spiro atoms. The van der Waals surface area contributed by atoms with Crippen LogP contribution in [-0.2, 0) is 18.9 Å².